The first-order valence-electron chi connectivity index (χ1n) is 7.65. The Hall–Kier alpha value is -1.63. The Morgan fingerprint density at radius 1 is 1.28 bits per heavy atom. The molecular formula is C18H18BrClN2O2S. The highest BCUT2D eigenvalue weighted by molar-refractivity contribution is 9.10. The van der Waals surface area contributed by atoms with Crippen LogP contribution in [-0.4, -0.2) is 17.6 Å². The number of hydrogen-bond donors (Lipinski definition) is 2. The van der Waals surface area contributed by atoms with Gasteiger partial charge in [0, 0.05) is 16.3 Å². The number of carbonyl (C=O) groups excluding carboxylic acids is 1. The Kier molecular flexibility index (Phi) is 7.23. The molecule has 7 heteroatoms. The smallest absolute Gasteiger partial charge is 0.257 e. The second kappa shape index (κ2) is 9.17. The van der Waals surface area contributed by atoms with Crippen molar-refractivity contribution in [1.82, 2.24) is 5.32 Å². The molecule has 4 nitrogen and oxygen atoms in total. The van der Waals surface area contributed by atoms with Crippen LogP contribution in [0.2, 0.25) is 5.02 Å². The number of hydrogen-bond acceptors (Lipinski definition) is 3. The number of ether oxygens (including phenoxy) is 1. The van der Waals surface area contributed by atoms with Gasteiger partial charge in [-0.05, 0) is 70.5 Å². The van der Waals surface area contributed by atoms with Crippen LogP contribution in [0.5, 0.6) is 5.75 Å². The minimum absolute atomic E-state index is 0.198. The van der Waals surface area contributed by atoms with Crippen molar-refractivity contribution in [3.63, 3.8) is 0 Å². The molecule has 0 heterocycles. The minimum atomic E-state index is -0.310. The van der Waals surface area contributed by atoms with E-state index in [0.717, 1.165) is 4.47 Å². The number of thiocarbonyl (C=S) groups is 1. The molecule has 25 heavy (non-hydrogen) atoms. The SMILES string of the molecule is CC(C)COc1ccc(C(=O)NC(=S)Nc2cccc(Cl)c2)cc1Br. The highest BCUT2D eigenvalue weighted by Gasteiger charge is 2.11. The summed E-state index contributed by atoms with van der Waals surface area (Å²) in [6.45, 7) is 4.75. The average molecular weight is 442 g/mol. The monoisotopic (exact) mass is 440 g/mol. The molecule has 0 unspecified atom stereocenters. The van der Waals surface area contributed by atoms with E-state index in [2.05, 4.69) is 40.4 Å². The number of amides is 1. The van der Waals surface area contributed by atoms with Crippen molar-refractivity contribution >= 4 is 56.5 Å². The summed E-state index contributed by atoms with van der Waals surface area (Å²) in [5, 5.41) is 6.34. The zero-order valence-electron chi connectivity index (χ0n) is 13.8. The molecule has 0 fully saturated rings. The molecule has 0 aliphatic carbocycles. The zero-order chi connectivity index (χ0) is 18.4. The number of halogens is 2. The molecule has 2 aromatic rings. The van der Waals surface area contributed by atoms with Crippen LogP contribution < -0.4 is 15.4 Å². The van der Waals surface area contributed by atoms with Crippen molar-refractivity contribution < 1.29 is 9.53 Å². The van der Waals surface area contributed by atoms with E-state index >= 15 is 0 Å². The van der Waals surface area contributed by atoms with E-state index in [-0.39, 0.29) is 11.0 Å². The molecule has 0 bridgehead atoms. The molecule has 1 amide bonds. The predicted octanol–water partition coefficient (Wildman–Crippen LogP) is 5.26. The Morgan fingerprint density at radius 3 is 2.68 bits per heavy atom. The van der Waals surface area contributed by atoms with Crippen molar-refractivity contribution in [1.29, 1.82) is 0 Å². The standard InChI is InChI=1S/C18H18BrClN2O2S/c1-11(2)10-24-16-7-6-12(8-15(16)19)17(23)22-18(25)21-14-5-3-4-13(20)9-14/h3-9,11H,10H2,1-2H3,(H2,21,22,23,25). The van der Waals surface area contributed by atoms with Crippen molar-refractivity contribution in [2.24, 2.45) is 5.92 Å². The van der Waals surface area contributed by atoms with Gasteiger partial charge in [-0.2, -0.15) is 0 Å². The molecule has 2 rings (SSSR count). The summed E-state index contributed by atoms with van der Waals surface area (Å²) in [6, 6.07) is 12.2. The fourth-order valence-electron chi connectivity index (χ4n) is 1.92. The summed E-state index contributed by atoms with van der Waals surface area (Å²) in [5.41, 5.74) is 1.18. The van der Waals surface area contributed by atoms with Gasteiger partial charge in [-0.3, -0.25) is 10.1 Å². The third-order valence-corrected chi connectivity index (χ3v) is 4.13. The number of rotatable bonds is 5. The largest absolute Gasteiger partial charge is 0.492 e. The van der Waals surface area contributed by atoms with Crippen LogP contribution in [0.1, 0.15) is 24.2 Å². The first kappa shape index (κ1) is 19.7. The van der Waals surface area contributed by atoms with Gasteiger partial charge in [-0.1, -0.05) is 31.5 Å². The van der Waals surface area contributed by atoms with Gasteiger partial charge in [0.15, 0.2) is 5.11 Å². The van der Waals surface area contributed by atoms with Gasteiger partial charge in [0.2, 0.25) is 0 Å². The topological polar surface area (TPSA) is 50.4 Å². The minimum Gasteiger partial charge on any atom is -0.492 e. The van der Waals surface area contributed by atoms with Crippen LogP contribution >= 0.6 is 39.7 Å². The van der Waals surface area contributed by atoms with E-state index in [1.54, 1.807) is 36.4 Å². The number of benzene rings is 2. The summed E-state index contributed by atoms with van der Waals surface area (Å²) < 4.78 is 6.39. The first-order valence-corrected chi connectivity index (χ1v) is 9.23. The van der Waals surface area contributed by atoms with Gasteiger partial charge in [-0.15, -0.1) is 0 Å². The fourth-order valence-corrected chi connectivity index (χ4v) is 2.81. The molecule has 0 aromatic heterocycles. The number of carbonyl (C=O) groups is 1. The summed E-state index contributed by atoms with van der Waals surface area (Å²) in [6.07, 6.45) is 0. The van der Waals surface area contributed by atoms with E-state index in [1.165, 1.54) is 0 Å². The van der Waals surface area contributed by atoms with Crippen molar-refractivity contribution in [2.75, 3.05) is 11.9 Å². The molecule has 0 saturated carbocycles. The van der Waals surface area contributed by atoms with Gasteiger partial charge >= 0.3 is 0 Å². The lowest BCUT2D eigenvalue weighted by Gasteiger charge is -2.12. The lowest BCUT2D eigenvalue weighted by Crippen LogP contribution is -2.34. The summed E-state index contributed by atoms with van der Waals surface area (Å²) in [7, 11) is 0. The summed E-state index contributed by atoms with van der Waals surface area (Å²) in [4.78, 5) is 12.3. The van der Waals surface area contributed by atoms with Crippen molar-refractivity contribution in [3.05, 3.63) is 57.5 Å². The second-order valence-corrected chi connectivity index (χ2v) is 7.47. The van der Waals surface area contributed by atoms with Crippen molar-refractivity contribution in [2.45, 2.75) is 13.8 Å². The molecular weight excluding hydrogens is 424 g/mol. The van der Waals surface area contributed by atoms with Gasteiger partial charge < -0.3 is 10.1 Å². The van der Waals surface area contributed by atoms with E-state index in [0.29, 0.717) is 34.5 Å². The number of anilines is 1. The summed E-state index contributed by atoms with van der Waals surface area (Å²) >= 11 is 14.5. The van der Waals surface area contributed by atoms with Crippen LogP contribution in [0.4, 0.5) is 5.69 Å². The molecule has 0 saturated heterocycles. The molecule has 0 aliphatic rings. The maximum atomic E-state index is 12.3. The highest BCUT2D eigenvalue weighted by atomic mass is 79.9. The zero-order valence-corrected chi connectivity index (χ0v) is 17.0. The number of nitrogens with one attached hydrogen (secondary N) is 2. The predicted molar refractivity (Wildman–Crippen MR) is 110 cm³/mol. The van der Waals surface area contributed by atoms with Gasteiger partial charge in [0.25, 0.3) is 5.91 Å². The average Bonchev–Trinajstić information content (AvgIpc) is 2.53. The molecule has 2 aromatic carbocycles. The lowest BCUT2D eigenvalue weighted by molar-refractivity contribution is 0.0977. The van der Waals surface area contributed by atoms with Crippen molar-refractivity contribution in [3.8, 4) is 5.75 Å². The quantitative estimate of drug-likeness (QED) is 0.621. The molecule has 0 aliphatic heterocycles. The molecule has 2 N–H and O–H groups in total. The van der Waals surface area contributed by atoms with Crippen LogP contribution in [0, 0.1) is 5.92 Å². The normalized spacial score (nSPS) is 10.4. The Balaban J connectivity index is 1.98. The van der Waals surface area contributed by atoms with Crippen LogP contribution in [0.25, 0.3) is 0 Å². The van der Waals surface area contributed by atoms with Gasteiger partial charge in [0.1, 0.15) is 5.75 Å². The Morgan fingerprint density at radius 2 is 2.04 bits per heavy atom. The lowest BCUT2D eigenvalue weighted by atomic mass is 10.2. The maximum Gasteiger partial charge on any atom is 0.257 e. The van der Waals surface area contributed by atoms with E-state index in [4.69, 9.17) is 28.6 Å². The Labute approximate surface area is 166 Å². The van der Waals surface area contributed by atoms with E-state index < -0.39 is 0 Å². The van der Waals surface area contributed by atoms with Crippen LogP contribution in [0.3, 0.4) is 0 Å². The second-order valence-electron chi connectivity index (χ2n) is 5.77. The van der Waals surface area contributed by atoms with E-state index in [9.17, 15) is 4.79 Å². The fraction of sp³-hybridized carbons (Fsp3) is 0.222. The van der Waals surface area contributed by atoms with E-state index in [1.807, 2.05) is 6.07 Å². The molecule has 0 atom stereocenters. The van der Waals surface area contributed by atoms with Gasteiger partial charge in [-0.25, -0.2) is 0 Å². The molecule has 0 radical (unpaired) electrons. The third-order valence-electron chi connectivity index (χ3n) is 3.08. The molecule has 0 spiro atoms. The first-order chi connectivity index (χ1) is 11.8. The maximum absolute atomic E-state index is 12.3. The van der Waals surface area contributed by atoms with Crippen LogP contribution in [0.15, 0.2) is 46.9 Å². The Bertz CT molecular complexity index is 783. The highest BCUT2D eigenvalue weighted by Crippen LogP contribution is 2.26. The van der Waals surface area contributed by atoms with Crippen LogP contribution in [-0.2, 0) is 0 Å². The van der Waals surface area contributed by atoms with Gasteiger partial charge in [0.05, 0.1) is 11.1 Å². The summed E-state index contributed by atoms with van der Waals surface area (Å²) in [5.74, 6) is 0.810. The molecule has 132 valence electrons. The third kappa shape index (κ3) is 6.30.